The van der Waals surface area contributed by atoms with Crippen LogP contribution >= 0.6 is 27.3 Å². The molecule has 140 valence electrons. The molecule has 1 amide bonds. The Morgan fingerprint density at radius 3 is 2.81 bits per heavy atom. The highest BCUT2D eigenvalue weighted by Crippen LogP contribution is 2.36. The lowest BCUT2D eigenvalue weighted by atomic mass is 9.87. The van der Waals surface area contributed by atoms with Crippen molar-refractivity contribution in [2.45, 2.75) is 43.8 Å². The van der Waals surface area contributed by atoms with Crippen molar-refractivity contribution in [1.29, 1.82) is 0 Å². The van der Waals surface area contributed by atoms with Crippen LogP contribution in [0.25, 0.3) is 0 Å². The molecule has 1 fully saturated rings. The van der Waals surface area contributed by atoms with Gasteiger partial charge in [0.15, 0.2) is 16.2 Å². The Balaban J connectivity index is 1.82. The van der Waals surface area contributed by atoms with E-state index in [0.717, 1.165) is 22.0 Å². The molecule has 2 aromatic rings. The second-order valence-corrected chi connectivity index (χ2v) is 9.26. The Morgan fingerprint density at radius 1 is 1.42 bits per heavy atom. The molecule has 8 heteroatoms. The molecule has 2 unspecified atom stereocenters. The summed E-state index contributed by atoms with van der Waals surface area (Å²) in [6, 6.07) is 5.63. The van der Waals surface area contributed by atoms with Gasteiger partial charge in [0.05, 0.1) is 11.7 Å². The molecule has 26 heavy (non-hydrogen) atoms. The van der Waals surface area contributed by atoms with Gasteiger partial charge in [-0.05, 0) is 29.5 Å². The summed E-state index contributed by atoms with van der Waals surface area (Å²) in [4.78, 5) is 17.1. The largest absolute Gasteiger partial charge is 0.306 e. The van der Waals surface area contributed by atoms with Gasteiger partial charge in [-0.2, -0.15) is 0 Å². The quantitative estimate of drug-likeness (QED) is 0.578. The average molecular weight is 457 g/mol. The number of aromatic nitrogens is 1. The topological polar surface area (TPSA) is 79.3 Å². The van der Waals surface area contributed by atoms with E-state index in [9.17, 15) is 9.00 Å². The number of thiazole rings is 1. The number of carbonyl (C=O) groups is 1. The normalized spacial score (nSPS) is 17.2. The Kier molecular flexibility index (Phi) is 6.97. The van der Waals surface area contributed by atoms with Gasteiger partial charge in [0.1, 0.15) is 0 Å². The van der Waals surface area contributed by atoms with Gasteiger partial charge < -0.3 is 9.87 Å². The minimum absolute atomic E-state index is 0.0442. The van der Waals surface area contributed by atoms with Crippen molar-refractivity contribution in [2.75, 3.05) is 5.32 Å². The number of hydrogen-bond acceptors (Lipinski definition) is 4. The third-order valence-corrected chi connectivity index (χ3v) is 6.77. The average Bonchev–Trinajstić information content (AvgIpc) is 3.28. The van der Waals surface area contributed by atoms with Gasteiger partial charge in [0.25, 0.3) is 0 Å². The first kappa shape index (κ1) is 19.7. The number of halogens is 1. The lowest BCUT2D eigenvalue weighted by Crippen LogP contribution is -2.23. The van der Waals surface area contributed by atoms with Crippen LogP contribution in [0.15, 0.2) is 34.2 Å². The summed E-state index contributed by atoms with van der Waals surface area (Å²) in [7, 11) is 0. The maximum absolute atomic E-state index is 12.9. The van der Waals surface area contributed by atoms with Crippen LogP contribution in [-0.2, 0) is 21.6 Å². The van der Waals surface area contributed by atoms with Crippen molar-refractivity contribution in [1.82, 2.24) is 4.98 Å². The fraction of sp³-hybridized carbons (Fsp3) is 0.444. The van der Waals surface area contributed by atoms with Gasteiger partial charge in [0, 0.05) is 16.0 Å². The van der Waals surface area contributed by atoms with E-state index >= 15 is 0 Å². The fourth-order valence-electron chi connectivity index (χ4n) is 3.48. The van der Waals surface area contributed by atoms with E-state index in [1.54, 1.807) is 6.20 Å². The Morgan fingerprint density at radius 2 is 2.19 bits per heavy atom. The summed E-state index contributed by atoms with van der Waals surface area (Å²) in [6.07, 6.45) is 7.29. The van der Waals surface area contributed by atoms with Gasteiger partial charge in [-0.1, -0.05) is 53.7 Å². The van der Waals surface area contributed by atoms with Gasteiger partial charge >= 0.3 is 0 Å². The number of anilines is 1. The highest BCUT2D eigenvalue weighted by atomic mass is 79.9. The Labute approximate surface area is 168 Å². The van der Waals surface area contributed by atoms with Gasteiger partial charge in [0.2, 0.25) is 5.91 Å². The van der Waals surface area contributed by atoms with Crippen LogP contribution in [0.3, 0.4) is 0 Å². The van der Waals surface area contributed by atoms with E-state index < -0.39 is 11.1 Å². The molecule has 3 rings (SSSR count). The zero-order valence-corrected chi connectivity index (χ0v) is 17.4. The molecule has 0 aliphatic heterocycles. The molecule has 1 aromatic heterocycles. The monoisotopic (exact) mass is 456 g/mol. The molecule has 2 N–H and O–H groups in total. The smallest absolute Gasteiger partial charge is 0.233 e. The summed E-state index contributed by atoms with van der Waals surface area (Å²) < 4.78 is 20.9. The molecule has 1 aliphatic rings. The van der Waals surface area contributed by atoms with Crippen LogP contribution in [0.1, 0.15) is 49.1 Å². The van der Waals surface area contributed by atoms with Crippen molar-refractivity contribution >= 4 is 49.4 Å². The summed E-state index contributed by atoms with van der Waals surface area (Å²) in [6.45, 7) is 0. The summed E-state index contributed by atoms with van der Waals surface area (Å²) in [5.41, 5.74) is 1.68. The summed E-state index contributed by atoms with van der Waals surface area (Å²) >= 11 is 2.99. The van der Waals surface area contributed by atoms with Gasteiger partial charge in [-0.15, -0.1) is 11.3 Å². The lowest BCUT2D eigenvalue weighted by Gasteiger charge is -2.21. The number of benzene rings is 1. The zero-order valence-electron chi connectivity index (χ0n) is 14.2. The van der Waals surface area contributed by atoms with E-state index in [0.29, 0.717) is 11.0 Å². The highest BCUT2D eigenvalue weighted by Gasteiger charge is 2.27. The molecule has 1 aromatic carbocycles. The van der Waals surface area contributed by atoms with Crippen molar-refractivity contribution in [3.63, 3.8) is 0 Å². The van der Waals surface area contributed by atoms with Crippen molar-refractivity contribution in [3.8, 4) is 0 Å². The first-order valence-corrected chi connectivity index (χ1v) is 11.5. The Bertz CT molecular complexity index is 777. The number of amides is 1. The van der Waals surface area contributed by atoms with Crippen LogP contribution < -0.4 is 5.32 Å². The van der Waals surface area contributed by atoms with Crippen molar-refractivity contribution in [3.05, 3.63) is 45.4 Å². The maximum atomic E-state index is 12.9. The molecule has 1 saturated carbocycles. The molecule has 0 bridgehead atoms. The maximum Gasteiger partial charge on any atom is 0.233 e. The Hall–Kier alpha value is -1.09. The summed E-state index contributed by atoms with van der Waals surface area (Å²) in [5, 5.41) is 5.37. The van der Waals surface area contributed by atoms with Gasteiger partial charge in [-0.25, -0.2) is 9.19 Å². The fourth-order valence-corrected chi connectivity index (χ4v) is 5.25. The predicted molar refractivity (Wildman–Crippen MR) is 109 cm³/mol. The molecule has 0 spiro atoms. The molecule has 0 radical (unpaired) electrons. The van der Waals surface area contributed by atoms with Crippen molar-refractivity contribution in [2.24, 2.45) is 5.92 Å². The second kappa shape index (κ2) is 9.21. The predicted octanol–water partition coefficient (Wildman–Crippen LogP) is 4.93. The van der Waals surface area contributed by atoms with E-state index in [4.69, 9.17) is 4.55 Å². The molecule has 5 nitrogen and oxygen atoms in total. The first-order chi connectivity index (χ1) is 12.5. The SMILES string of the molecule is O=C(Nc1nccs1)C(CC1CCCC1)c1ccc(CS(=O)O)c(Br)c1. The summed E-state index contributed by atoms with van der Waals surface area (Å²) in [5.74, 6) is 0.328. The van der Waals surface area contributed by atoms with E-state index in [1.165, 1.54) is 37.0 Å². The highest BCUT2D eigenvalue weighted by molar-refractivity contribution is 9.10. The molecular weight excluding hydrogens is 436 g/mol. The minimum Gasteiger partial charge on any atom is -0.306 e. The van der Waals surface area contributed by atoms with Crippen LogP contribution in [0.2, 0.25) is 0 Å². The minimum atomic E-state index is -1.89. The van der Waals surface area contributed by atoms with E-state index in [1.807, 2.05) is 23.6 Å². The van der Waals surface area contributed by atoms with Crippen LogP contribution in [0, 0.1) is 5.92 Å². The van der Waals surface area contributed by atoms with Gasteiger partial charge in [-0.3, -0.25) is 4.79 Å². The number of hydrogen-bond donors (Lipinski definition) is 2. The number of rotatable bonds is 7. The van der Waals surface area contributed by atoms with E-state index in [-0.39, 0.29) is 17.6 Å². The van der Waals surface area contributed by atoms with Crippen LogP contribution in [0.5, 0.6) is 0 Å². The van der Waals surface area contributed by atoms with Crippen LogP contribution in [-0.4, -0.2) is 19.7 Å². The number of carbonyl (C=O) groups excluding carboxylic acids is 1. The first-order valence-electron chi connectivity index (χ1n) is 8.59. The third-order valence-electron chi connectivity index (χ3n) is 4.78. The molecule has 1 aliphatic carbocycles. The molecule has 0 saturated heterocycles. The molecule has 2 atom stereocenters. The molecular formula is C18H21BrN2O3S2. The zero-order chi connectivity index (χ0) is 18.5. The van der Waals surface area contributed by atoms with E-state index in [2.05, 4.69) is 26.2 Å². The van der Waals surface area contributed by atoms with Crippen LogP contribution in [0.4, 0.5) is 5.13 Å². The number of nitrogens with zero attached hydrogens (tertiary/aromatic N) is 1. The third kappa shape index (κ3) is 5.22. The second-order valence-electron chi connectivity index (χ2n) is 6.58. The lowest BCUT2D eigenvalue weighted by molar-refractivity contribution is -0.118. The standard InChI is InChI=1S/C18H21BrN2O3S2/c19-16-10-13(5-6-14(16)11-26(23)24)15(9-12-3-1-2-4-12)17(22)21-18-20-7-8-25-18/h5-8,10,12,15H,1-4,9,11H2,(H,23,24)(H,20,21,22). The number of nitrogens with one attached hydrogen (secondary N) is 1. The van der Waals surface area contributed by atoms with Crippen molar-refractivity contribution < 1.29 is 13.6 Å². The molecule has 1 heterocycles.